The molecule has 0 aromatic heterocycles. The molecule has 0 radical (unpaired) electrons. The number of carboxylic acid groups (broad SMARTS) is 1. The molecule has 4 nitrogen and oxygen atoms in total. The Balaban J connectivity index is 2.24. The van der Waals surface area contributed by atoms with Gasteiger partial charge in [-0.15, -0.1) is 0 Å². The number of carbonyl (C=O) groups is 1. The van der Waals surface area contributed by atoms with Crippen LogP contribution in [-0.4, -0.2) is 33.0 Å². The number of aliphatic hydroxyl groups excluding tert-OH is 1. The van der Waals surface area contributed by atoms with Crippen molar-refractivity contribution in [3.63, 3.8) is 0 Å². The molecule has 24 heavy (non-hydrogen) atoms. The Hall–Kier alpha value is -0.610. The summed E-state index contributed by atoms with van der Waals surface area (Å²) >= 11 is 0. The Labute approximate surface area is 146 Å². The first-order valence-corrected chi connectivity index (χ1v) is 9.52. The van der Waals surface area contributed by atoms with Crippen molar-refractivity contribution in [2.45, 2.75) is 91.3 Å². The summed E-state index contributed by atoms with van der Waals surface area (Å²) in [5.74, 6) is -0.340. The van der Waals surface area contributed by atoms with E-state index in [2.05, 4.69) is 20.8 Å². The highest BCUT2D eigenvalue weighted by molar-refractivity contribution is 5.66. The van der Waals surface area contributed by atoms with Gasteiger partial charge in [-0.1, -0.05) is 34.1 Å². The molecule has 2 aliphatic carbocycles. The molecule has 0 saturated heterocycles. The lowest BCUT2D eigenvalue weighted by Crippen LogP contribution is -2.62. The number of fused-ring (bicyclic) bond motifs is 1. The van der Waals surface area contributed by atoms with Crippen molar-refractivity contribution < 1.29 is 20.1 Å². The van der Waals surface area contributed by atoms with Crippen molar-refractivity contribution in [2.24, 2.45) is 28.6 Å². The quantitative estimate of drug-likeness (QED) is 0.710. The fourth-order valence-electron chi connectivity index (χ4n) is 6.37. The predicted molar refractivity (Wildman–Crippen MR) is 94.6 cm³/mol. The van der Waals surface area contributed by atoms with Crippen molar-refractivity contribution >= 4 is 5.97 Å². The van der Waals surface area contributed by atoms with Gasteiger partial charge in [0.2, 0.25) is 0 Å². The van der Waals surface area contributed by atoms with Gasteiger partial charge < -0.3 is 15.3 Å². The Morgan fingerprint density at radius 1 is 1.21 bits per heavy atom. The number of aliphatic carboxylic acids is 1. The van der Waals surface area contributed by atoms with Crippen LogP contribution in [0.15, 0.2) is 0 Å². The van der Waals surface area contributed by atoms with Gasteiger partial charge in [-0.2, -0.15) is 0 Å². The standard InChI is InChI=1S/C20H36O4/c1-13(11-16(22)23)7-8-15-19(4)10-6-9-18(2,3)17(19)14(21)12-20(15,5)24/h13-15,17,21,24H,6-12H2,1-5H3,(H,22,23)/t13-,14+,15-,17+,19-,20-/m0/s1. The summed E-state index contributed by atoms with van der Waals surface area (Å²) in [6, 6.07) is 0. The molecule has 6 atom stereocenters. The highest BCUT2D eigenvalue weighted by atomic mass is 16.4. The zero-order valence-electron chi connectivity index (χ0n) is 16.0. The summed E-state index contributed by atoms with van der Waals surface area (Å²) in [5.41, 5.74) is -0.902. The van der Waals surface area contributed by atoms with Crippen LogP contribution in [0.1, 0.15) is 79.6 Å². The summed E-state index contributed by atoms with van der Waals surface area (Å²) in [6.45, 7) is 10.6. The number of aliphatic hydroxyl groups is 2. The molecule has 0 bridgehead atoms. The summed E-state index contributed by atoms with van der Waals surface area (Å²) < 4.78 is 0. The lowest BCUT2D eigenvalue weighted by Gasteiger charge is -2.63. The Morgan fingerprint density at radius 2 is 1.83 bits per heavy atom. The zero-order chi connectivity index (χ0) is 18.3. The third-order valence-corrected chi connectivity index (χ3v) is 7.11. The molecule has 0 amide bonds. The van der Waals surface area contributed by atoms with Crippen LogP contribution in [-0.2, 0) is 4.79 Å². The minimum absolute atomic E-state index is 0.0772. The molecule has 2 aliphatic rings. The van der Waals surface area contributed by atoms with Crippen LogP contribution >= 0.6 is 0 Å². The molecule has 2 saturated carbocycles. The van der Waals surface area contributed by atoms with Gasteiger partial charge in [0.05, 0.1) is 11.7 Å². The fraction of sp³-hybridized carbons (Fsp3) is 0.950. The molecule has 0 spiro atoms. The molecular weight excluding hydrogens is 304 g/mol. The van der Waals surface area contributed by atoms with E-state index in [1.54, 1.807) is 0 Å². The third-order valence-electron chi connectivity index (χ3n) is 7.11. The Morgan fingerprint density at radius 3 is 2.42 bits per heavy atom. The number of hydrogen-bond acceptors (Lipinski definition) is 3. The average Bonchev–Trinajstić information content (AvgIpc) is 2.33. The van der Waals surface area contributed by atoms with Crippen LogP contribution in [0, 0.1) is 28.6 Å². The van der Waals surface area contributed by atoms with E-state index in [1.807, 2.05) is 13.8 Å². The van der Waals surface area contributed by atoms with Crippen molar-refractivity contribution in [2.75, 3.05) is 0 Å². The van der Waals surface area contributed by atoms with Crippen LogP contribution in [0.3, 0.4) is 0 Å². The average molecular weight is 341 g/mol. The number of hydrogen-bond donors (Lipinski definition) is 3. The summed E-state index contributed by atoms with van der Waals surface area (Å²) in [6.07, 6.45) is 5.07. The molecule has 0 aromatic carbocycles. The molecule has 3 N–H and O–H groups in total. The minimum Gasteiger partial charge on any atom is -0.481 e. The van der Waals surface area contributed by atoms with Crippen molar-refractivity contribution in [3.05, 3.63) is 0 Å². The molecule has 0 aliphatic heterocycles. The van der Waals surface area contributed by atoms with Crippen LogP contribution in [0.4, 0.5) is 0 Å². The lowest BCUT2D eigenvalue weighted by atomic mass is 9.44. The number of rotatable bonds is 5. The van der Waals surface area contributed by atoms with E-state index in [0.717, 1.165) is 32.1 Å². The van der Waals surface area contributed by atoms with Crippen molar-refractivity contribution in [1.29, 1.82) is 0 Å². The summed E-state index contributed by atoms with van der Waals surface area (Å²) in [7, 11) is 0. The van der Waals surface area contributed by atoms with Gasteiger partial charge in [0.25, 0.3) is 0 Å². The monoisotopic (exact) mass is 340 g/mol. The van der Waals surface area contributed by atoms with E-state index in [9.17, 15) is 15.0 Å². The van der Waals surface area contributed by atoms with E-state index in [-0.39, 0.29) is 35.0 Å². The van der Waals surface area contributed by atoms with Gasteiger partial charge in [0.15, 0.2) is 0 Å². The van der Waals surface area contributed by atoms with E-state index in [4.69, 9.17) is 5.11 Å². The maximum absolute atomic E-state index is 11.1. The summed E-state index contributed by atoms with van der Waals surface area (Å²) in [5, 5.41) is 30.9. The molecule has 0 aromatic rings. The Bertz CT molecular complexity index is 470. The van der Waals surface area contributed by atoms with Gasteiger partial charge in [-0.05, 0) is 61.2 Å². The second-order valence-electron chi connectivity index (χ2n) is 9.79. The van der Waals surface area contributed by atoms with Crippen LogP contribution < -0.4 is 0 Å². The fourth-order valence-corrected chi connectivity index (χ4v) is 6.37. The van der Waals surface area contributed by atoms with E-state index < -0.39 is 17.7 Å². The predicted octanol–water partition coefficient (Wildman–Crippen LogP) is 3.84. The van der Waals surface area contributed by atoms with Crippen LogP contribution in [0.2, 0.25) is 0 Å². The van der Waals surface area contributed by atoms with Crippen molar-refractivity contribution in [3.8, 4) is 0 Å². The van der Waals surface area contributed by atoms with Gasteiger partial charge in [-0.25, -0.2) is 0 Å². The topological polar surface area (TPSA) is 77.8 Å². The first-order valence-electron chi connectivity index (χ1n) is 9.52. The largest absolute Gasteiger partial charge is 0.481 e. The SMILES string of the molecule is C[C@@H](CC[C@H]1[C@]2(C)CCCC(C)(C)[C@H]2[C@H](O)C[C@]1(C)O)CC(=O)O. The second kappa shape index (κ2) is 6.60. The first kappa shape index (κ1) is 19.7. The van der Waals surface area contributed by atoms with Gasteiger partial charge in [0.1, 0.15) is 0 Å². The summed E-state index contributed by atoms with van der Waals surface area (Å²) in [4.78, 5) is 10.9. The zero-order valence-corrected chi connectivity index (χ0v) is 16.0. The molecule has 0 unspecified atom stereocenters. The van der Waals surface area contributed by atoms with Gasteiger partial charge >= 0.3 is 5.97 Å². The van der Waals surface area contributed by atoms with Crippen LogP contribution in [0.5, 0.6) is 0 Å². The van der Waals surface area contributed by atoms with E-state index >= 15 is 0 Å². The molecule has 140 valence electrons. The van der Waals surface area contributed by atoms with Crippen LogP contribution in [0.25, 0.3) is 0 Å². The molecule has 4 heteroatoms. The van der Waals surface area contributed by atoms with E-state index in [1.165, 1.54) is 0 Å². The van der Waals surface area contributed by atoms with Gasteiger partial charge in [-0.3, -0.25) is 4.79 Å². The highest BCUT2D eigenvalue weighted by Gasteiger charge is 2.60. The third kappa shape index (κ3) is 3.65. The second-order valence-corrected chi connectivity index (χ2v) is 9.79. The molecule has 2 fully saturated rings. The molecular formula is C20H36O4. The maximum Gasteiger partial charge on any atom is 0.303 e. The smallest absolute Gasteiger partial charge is 0.303 e. The van der Waals surface area contributed by atoms with Crippen molar-refractivity contribution in [1.82, 2.24) is 0 Å². The lowest BCUT2D eigenvalue weighted by molar-refractivity contribution is -0.215. The van der Waals surface area contributed by atoms with E-state index in [0.29, 0.717) is 6.42 Å². The maximum atomic E-state index is 11.1. The minimum atomic E-state index is -0.888. The molecule has 0 heterocycles. The molecule has 2 rings (SSSR count). The highest BCUT2D eigenvalue weighted by Crippen LogP contribution is 2.63. The first-order chi connectivity index (χ1) is 10.9. The van der Waals surface area contributed by atoms with Gasteiger partial charge in [0, 0.05) is 12.8 Å². The normalized spacial score (nSPS) is 43.0. The number of carboxylic acids is 1. The Kier molecular flexibility index (Phi) is 5.42.